The molecule has 0 aliphatic heterocycles. The number of hydrogen-bond acceptors (Lipinski definition) is 6. The van der Waals surface area contributed by atoms with Crippen molar-refractivity contribution < 1.29 is 4.52 Å². The van der Waals surface area contributed by atoms with Gasteiger partial charge in [-0.2, -0.15) is 4.98 Å². The lowest BCUT2D eigenvalue weighted by molar-refractivity contribution is 0.373. The van der Waals surface area contributed by atoms with Crippen LogP contribution in [-0.4, -0.2) is 24.9 Å². The first kappa shape index (κ1) is 20.6. The SMILES string of the molecule is CC(C)c1noc([C@@H](C)Sc2nnc(Cc3ccccc3)n2-c2ccc(Cl)cc2)n1. The number of aromatic nitrogens is 5. The molecule has 4 rings (SSSR count). The quantitative estimate of drug-likeness (QED) is 0.335. The lowest BCUT2D eigenvalue weighted by Crippen LogP contribution is -2.04. The van der Waals surface area contributed by atoms with Crippen LogP contribution in [0.5, 0.6) is 0 Å². The average molecular weight is 440 g/mol. The molecule has 0 bridgehead atoms. The molecule has 2 heterocycles. The van der Waals surface area contributed by atoms with E-state index >= 15 is 0 Å². The molecule has 0 spiro atoms. The van der Waals surface area contributed by atoms with Gasteiger partial charge in [-0.15, -0.1) is 10.2 Å². The Hall–Kier alpha value is -2.64. The Balaban J connectivity index is 1.67. The zero-order valence-corrected chi connectivity index (χ0v) is 18.6. The first-order valence-corrected chi connectivity index (χ1v) is 11.0. The van der Waals surface area contributed by atoms with Gasteiger partial charge >= 0.3 is 0 Å². The van der Waals surface area contributed by atoms with Crippen molar-refractivity contribution >= 4 is 23.4 Å². The third kappa shape index (κ3) is 4.57. The van der Waals surface area contributed by atoms with E-state index in [0.717, 1.165) is 16.7 Å². The van der Waals surface area contributed by atoms with Gasteiger partial charge in [-0.05, 0) is 36.8 Å². The molecule has 0 fully saturated rings. The second-order valence-corrected chi connectivity index (χ2v) is 9.02. The van der Waals surface area contributed by atoms with Gasteiger partial charge in [-0.3, -0.25) is 4.57 Å². The van der Waals surface area contributed by atoms with E-state index in [4.69, 9.17) is 16.1 Å². The second-order valence-electron chi connectivity index (χ2n) is 7.28. The van der Waals surface area contributed by atoms with E-state index in [-0.39, 0.29) is 11.2 Å². The van der Waals surface area contributed by atoms with Crippen molar-refractivity contribution in [2.45, 2.75) is 43.5 Å². The summed E-state index contributed by atoms with van der Waals surface area (Å²) in [4.78, 5) is 4.52. The van der Waals surface area contributed by atoms with E-state index in [0.29, 0.717) is 23.2 Å². The molecule has 0 N–H and O–H groups in total. The van der Waals surface area contributed by atoms with Crippen LogP contribution in [0.15, 0.2) is 64.3 Å². The molecule has 1 atom stereocenters. The van der Waals surface area contributed by atoms with Crippen LogP contribution in [0.25, 0.3) is 5.69 Å². The number of thioether (sulfide) groups is 1. The summed E-state index contributed by atoms with van der Waals surface area (Å²) >= 11 is 7.64. The topological polar surface area (TPSA) is 69.6 Å². The van der Waals surface area contributed by atoms with Crippen LogP contribution >= 0.6 is 23.4 Å². The normalized spacial score (nSPS) is 12.4. The zero-order valence-electron chi connectivity index (χ0n) is 17.0. The summed E-state index contributed by atoms with van der Waals surface area (Å²) in [5.74, 6) is 2.36. The van der Waals surface area contributed by atoms with Gasteiger partial charge in [-0.1, -0.05) is 72.7 Å². The molecule has 8 heteroatoms. The highest BCUT2D eigenvalue weighted by Gasteiger charge is 2.22. The van der Waals surface area contributed by atoms with Gasteiger partial charge in [0, 0.05) is 23.0 Å². The van der Waals surface area contributed by atoms with Gasteiger partial charge < -0.3 is 4.52 Å². The number of rotatable bonds is 7. The Kier molecular flexibility index (Phi) is 6.20. The standard InChI is InChI=1S/C22H22ClN5OS/c1-14(2)20-24-21(29-27-20)15(3)30-22-26-25-19(13-16-7-5-4-6-8-16)28(22)18-11-9-17(23)10-12-18/h4-12,14-15H,13H2,1-3H3/t15-/m1/s1. The minimum Gasteiger partial charge on any atom is -0.338 e. The minimum absolute atomic E-state index is 0.0650. The molecule has 0 saturated carbocycles. The average Bonchev–Trinajstić information content (AvgIpc) is 3.38. The van der Waals surface area contributed by atoms with E-state index in [1.54, 1.807) is 0 Å². The Morgan fingerprint density at radius 1 is 1.00 bits per heavy atom. The summed E-state index contributed by atoms with van der Waals surface area (Å²) in [6, 6.07) is 17.9. The van der Waals surface area contributed by atoms with Crippen LogP contribution in [0.1, 0.15) is 55.0 Å². The van der Waals surface area contributed by atoms with Crippen LogP contribution in [0, 0.1) is 0 Å². The number of nitrogens with zero attached hydrogens (tertiary/aromatic N) is 5. The van der Waals surface area contributed by atoms with Crippen LogP contribution in [0.4, 0.5) is 0 Å². The molecular weight excluding hydrogens is 418 g/mol. The fourth-order valence-corrected chi connectivity index (χ4v) is 4.02. The van der Waals surface area contributed by atoms with Gasteiger partial charge in [0.25, 0.3) is 0 Å². The summed E-state index contributed by atoms with van der Waals surface area (Å²) in [5.41, 5.74) is 2.13. The highest BCUT2D eigenvalue weighted by molar-refractivity contribution is 7.99. The largest absolute Gasteiger partial charge is 0.338 e. The smallest absolute Gasteiger partial charge is 0.239 e. The number of halogens is 1. The van der Waals surface area contributed by atoms with E-state index in [9.17, 15) is 0 Å². The van der Waals surface area contributed by atoms with Crippen molar-refractivity contribution in [1.29, 1.82) is 0 Å². The van der Waals surface area contributed by atoms with Gasteiger partial charge in [0.1, 0.15) is 5.82 Å². The number of benzene rings is 2. The van der Waals surface area contributed by atoms with Gasteiger partial charge in [0.15, 0.2) is 11.0 Å². The highest BCUT2D eigenvalue weighted by Crippen LogP contribution is 2.35. The van der Waals surface area contributed by atoms with Crippen molar-refractivity contribution in [2.75, 3.05) is 0 Å². The van der Waals surface area contributed by atoms with Gasteiger partial charge in [0.05, 0.1) is 5.25 Å². The summed E-state index contributed by atoms with van der Waals surface area (Å²) in [7, 11) is 0. The fourth-order valence-electron chi connectivity index (χ4n) is 2.97. The third-order valence-electron chi connectivity index (χ3n) is 4.59. The zero-order chi connectivity index (χ0) is 21.1. The van der Waals surface area contributed by atoms with Crippen LogP contribution in [0.2, 0.25) is 5.02 Å². The summed E-state index contributed by atoms with van der Waals surface area (Å²) in [6.07, 6.45) is 0.670. The summed E-state index contributed by atoms with van der Waals surface area (Å²) in [5, 5.41) is 14.4. The minimum atomic E-state index is -0.0650. The molecule has 0 saturated heterocycles. The lowest BCUT2D eigenvalue weighted by atomic mass is 10.1. The van der Waals surface area contributed by atoms with E-state index < -0.39 is 0 Å². The maximum Gasteiger partial charge on any atom is 0.239 e. The summed E-state index contributed by atoms with van der Waals surface area (Å²) in [6.45, 7) is 6.11. The lowest BCUT2D eigenvalue weighted by Gasteiger charge is -2.12. The van der Waals surface area contributed by atoms with Gasteiger partial charge in [0.2, 0.25) is 5.89 Å². The molecule has 30 heavy (non-hydrogen) atoms. The summed E-state index contributed by atoms with van der Waals surface area (Å²) < 4.78 is 7.53. The highest BCUT2D eigenvalue weighted by atomic mass is 35.5. The predicted octanol–water partition coefficient (Wildman–Crippen LogP) is 5.87. The van der Waals surface area contributed by atoms with Crippen LogP contribution < -0.4 is 0 Å². The molecular formula is C22H22ClN5OS. The Morgan fingerprint density at radius 3 is 2.40 bits per heavy atom. The maximum absolute atomic E-state index is 6.10. The van der Waals surface area contributed by atoms with Crippen molar-refractivity contribution in [1.82, 2.24) is 24.9 Å². The molecule has 0 aliphatic carbocycles. The second kappa shape index (κ2) is 9.02. The molecule has 0 aliphatic rings. The Bertz CT molecular complexity index is 1110. The van der Waals surface area contributed by atoms with Crippen molar-refractivity contribution in [2.24, 2.45) is 0 Å². The van der Waals surface area contributed by atoms with E-state index in [2.05, 4.69) is 37.0 Å². The molecule has 4 aromatic rings. The molecule has 0 unspecified atom stereocenters. The first-order valence-electron chi connectivity index (χ1n) is 9.75. The van der Waals surface area contributed by atoms with E-state index in [1.165, 1.54) is 17.3 Å². The van der Waals surface area contributed by atoms with E-state index in [1.807, 2.05) is 63.2 Å². The fraction of sp³-hybridized carbons (Fsp3) is 0.273. The van der Waals surface area contributed by atoms with Crippen LogP contribution in [-0.2, 0) is 6.42 Å². The molecule has 2 aromatic heterocycles. The van der Waals surface area contributed by atoms with Crippen molar-refractivity contribution in [3.63, 3.8) is 0 Å². The Morgan fingerprint density at radius 2 is 1.73 bits per heavy atom. The van der Waals surface area contributed by atoms with Gasteiger partial charge in [-0.25, -0.2) is 0 Å². The predicted molar refractivity (Wildman–Crippen MR) is 118 cm³/mol. The maximum atomic E-state index is 6.10. The Labute approximate surface area is 184 Å². The third-order valence-corrected chi connectivity index (χ3v) is 5.88. The monoisotopic (exact) mass is 439 g/mol. The van der Waals surface area contributed by atoms with Crippen LogP contribution in [0.3, 0.4) is 0 Å². The molecule has 154 valence electrons. The van der Waals surface area contributed by atoms with Crippen molar-refractivity contribution in [3.05, 3.63) is 82.7 Å². The number of hydrogen-bond donors (Lipinski definition) is 0. The molecule has 0 radical (unpaired) electrons. The molecule has 0 amide bonds. The van der Waals surface area contributed by atoms with Crippen molar-refractivity contribution in [3.8, 4) is 5.69 Å². The first-order chi connectivity index (χ1) is 14.5. The molecule has 2 aromatic carbocycles. The molecule has 6 nitrogen and oxygen atoms in total.